The maximum absolute atomic E-state index is 12.0. The fraction of sp³-hybridized carbons (Fsp3) is 0.235. The molecule has 0 spiro atoms. The number of rotatable bonds is 6. The largest absolute Gasteiger partial charge is 0.497 e. The number of benzene rings is 2. The van der Waals surface area contributed by atoms with Gasteiger partial charge in [0.15, 0.2) is 0 Å². The molecule has 0 amide bonds. The molecule has 0 aliphatic heterocycles. The number of hydrogen-bond donors (Lipinski definition) is 0. The number of alkyl halides is 1. The second-order valence-corrected chi connectivity index (χ2v) is 5.15. The van der Waals surface area contributed by atoms with E-state index in [1.165, 1.54) is 0 Å². The summed E-state index contributed by atoms with van der Waals surface area (Å²) in [5.74, 6) is 0.957. The van der Waals surface area contributed by atoms with E-state index in [-0.39, 0.29) is 12.6 Å². The smallest absolute Gasteiger partial charge is 0.338 e. The van der Waals surface area contributed by atoms with Crippen molar-refractivity contribution in [2.75, 3.05) is 14.2 Å². The summed E-state index contributed by atoms with van der Waals surface area (Å²) in [5, 5.41) is 0.755. The molecule has 116 valence electrons. The molecule has 22 heavy (non-hydrogen) atoms. The quantitative estimate of drug-likeness (QED) is 0.574. The highest BCUT2D eigenvalue weighted by molar-refractivity contribution is 9.08. The van der Waals surface area contributed by atoms with E-state index in [9.17, 15) is 4.79 Å². The van der Waals surface area contributed by atoms with Gasteiger partial charge in [-0.05, 0) is 29.8 Å². The SMILES string of the molecule is COc1ccc(COC(=O)c2ccc(CBr)cc2)c(OC)c1. The molecule has 0 N–H and O–H groups in total. The van der Waals surface area contributed by atoms with Crippen LogP contribution >= 0.6 is 15.9 Å². The lowest BCUT2D eigenvalue weighted by Crippen LogP contribution is -2.06. The van der Waals surface area contributed by atoms with Crippen molar-refractivity contribution >= 4 is 21.9 Å². The molecule has 2 aromatic rings. The van der Waals surface area contributed by atoms with E-state index in [1.807, 2.05) is 18.2 Å². The Labute approximate surface area is 138 Å². The van der Waals surface area contributed by atoms with Gasteiger partial charge in [0.2, 0.25) is 0 Å². The van der Waals surface area contributed by atoms with Crippen LogP contribution in [-0.4, -0.2) is 20.2 Å². The second kappa shape index (κ2) is 7.84. The van der Waals surface area contributed by atoms with Gasteiger partial charge in [-0.3, -0.25) is 0 Å². The zero-order valence-corrected chi connectivity index (χ0v) is 14.1. The molecule has 0 bridgehead atoms. The number of esters is 1. The first-order valence-electron chi connectivity index (χ1n) is 6.71. The number of carbonyl (C=O) groups excluding carboxylic acids is 1. The zero-order valence-electron chi connectivity index (χ0n) is 12.5. The summed E-state index contributed by atoms with van der Waals surface area (Å²) in [6, 6.07) is 12.7. The molecule has 2 aromatic carbocycles. The van der Waals surface area contributed by atoms with Crippen molar-refractivity contribution in [1.82, 2.24) is 0 Å². The molecule has 0 saturated heterocycles. The minimum absolute atomic E-state index is 0.145. The molecule has 0 fully saturated rings. The average Bonchev–Trinajstić information content (AvgIpc) is 2.59. The van der Waals surface area contributed by atoms with E-state index < -0.39 is 0 Å². The summed E-state index contributed by atoms with van der Waals surface area (Å²) in [5.41, 5.74) is 2.42. The molecule has 0 atom stereocenters. The van der Waals surface area contributed by atoms with E-state index >= 15 is 0 Å². The predicted octanol–water partition coefficient (Wildman–Crippen LogP) is 3.96. The fourth-order valence-electron chi connectivity index (χ4n) is 1.93. The normalized spacial score (nSPS) is 10.1. The van der Waals surface area contributed by atoms with Gasteiger partial charge in [-0.25, -0.2) is 4.79 Å². The molecule has 0 unspecified atom stereocenters. The van der Waals surface area contributed by atoms with Crippen molar-refractivity contribution < 1.29 is 19.0 Å². The summed E-state index contributed by atoms with van der Waals surface area (Å²) in [4.78, 5) is 12.0. The van der Waals surface area contributed by atoms with E-state index in [0.717, 1.165) is 16.5 Å². The van der Waals surface area contributed by atoms with Crippen LogP contribution in [0, 0.1) is 0 Å². The molecule has 5 heteroatoms. The van der Waals surface area contributed by atoms with Crippen molar-refractivity contribution in [3.05, 3.63) is 59.2 Å². The van der Waals surface area contributed by atoms with Crippen molar-refractivity contribution in [3.63, 3.8) is 0 Å². The van der Waals surface area contributed by atoms with E-state index in [2.05, 4.69) is 15.9 Å². The van der Waals surface area contributed by atoms with Crippen LogP contribution in [0.3, 0.4) is 0 Å². The van der Waals surface area contributed by atoms with Gasteiger partial charge in [0.05, 0.1) is 19.8 Å². The topological polar surface area (TPSA) is 44.8 Å². The lowest BCUT2D eigenvalue weighted by Gasteiger charge is -2.11. The summed E-state index contributed by atoms with van der Waals surface area (Å²) >= 11 is 3.37. The number of halogens is 1. The highest BCUT2D eigenvalue weighted by Crippen LogP contribution is 2.25. The third-order valence-corrected chi connectivity index (χ3v) is 3.84. The Morgan fingerprint density at radius 3 is 2.36 bits per heavy atom. The van der Waals surface area contributed by atoms with Crippen LogP contribution in [0.4, 0.5) is 0 Å². The molecular formula is C17H17BrO4. The minimum Gasteiger partial charge on any atom is -0.497 e. The Balaban J connectivity index is 2.04. The van der Waals surface area contributed by atoms with Gasteiger partial charge in [0.25, 0.3) is 0 Å². The highest BCUT2D eigenvalue weighted by atomic mass is 79.9. The van der Waals surface area contributed by atoms with Crippen molar-refractivity contribution in [3.8, 4) is 11.5 Å². The number of carbonyl (C=O) groups is 1. The van der Waals surface area contributed by atoms with Crippen LogP contribution in [-0.2, 0) is 16.7 Å². The Kier molecular flexibility index (Phi) is 5.83. The van der Waals surface area contributed by atoms with Crippen molar-refractivity contribution in [2.24, 2.45) is 0 Å². The molecule has 0 aliphatic rings. The fourth-order valence-corrected chi connectivity index (χ4v) is 2.30. The monoisotopic (exact) mass is 364 g/mol. The first-order valence-corrected chi connectivity index (χ1v) is 7.83. The predicted molar refractivity (Wildman–Crippen MR) is 87.7 cm³/mol. The molecule has 0 radical (unpaired) electrons. The Morgan fingerprint density at radius 1 is 1.05 bits per heavy atom. The molecule has 0 saturated carbocycles. The van der Waals surface area contributed by atoms with Gasteiger partial charge in [-0.2, -0.15) is 0 Å². The first-order chi connectivity index (χ1) is 10.7. The van der Waals surface area contributed by atoms with Gasteiger partial charge in [0.1, 0.15) is 18.1 Å². The summed E-state index contributed by atoms with van der Waals surface area (Å²) < 4.78 is 15.7. The standard InChI is InChI=1S/C17H17BrO4/c1-20-15-8-7-14(16(9-15)21-2)11-22-17(19)13-5-3-12(10-18)4-6-13/h3-9H,10-11H2,1-2H3. The number of hydrogen-bond acceptors (Lipinski definition) is 4. The van der Waals surface area contributed by atoms with Gasteiger partial charge < -0.3 is 14.2 Å². The molecular weight excluding hydrogens is 348 g/mol. The molecule has 0 heterocycles. The third-order valence-electron chi connectivity index (χ3n) is 3.20. The Bertz CT molecular complexity index is 638. The maximum Gasteiger partial charge on any atom is 0.338 e. The van der Waals surface area contributed by atoms with Crippen LogP contribution in [0.1, 0.15) is 21.5 Å². The summed E-state index contributed by atoms with van der Waals surface area (Å²) in [6.45, 7) is 0.145. The van der Waals surface area contributed by atoms with Gasteiger partial charge in [-0.15, -0.1) is 0 Å². The van der Waals surface area contributed by atoms with Crippen molar-refractivity contribution in [1.29, 1.82) is 0 Å². The van der Waals surface area contributed by atoms with Crippen LogP contribution in [0.2, 0.25) is 0 Å². The van der Waals surface area contributed by atoms with Crippen LogP contribution in [0.5, 0.6) is 11.5 Å². The molecule has 0 aliphatic carbocycles. The number of ether oxygens (including phenoxy) is 3. The van der Waals surface area contributed by atoms with Crippen LogP contribution < -0.4 is 9.47 Å². The third kappa shape index (κ3) is 4.01. The molecule has 2 rings (SSSR count). The lowest BCUT2D eigenvalue weighted by molar-refractivity contribution is 0.0470. The summed E-state index contributed by atoms with van der Waals surface area (Å²) in [7, 11) is 3.16. The Hall–Kier alpha value is -2.01. The van der Waals surface area contributed by atoms with Gasteiger partial charge in [0, 0.05) is 17.0 Å². The lowest BCUT2D eigenvalue weighted by atomic mass is 10.1. The van der Waals surface area contributed by atoms with Crippen LogP contribution in [0.15, 0.2) is 42.5 Å². The first kappa shape index (κ1) is 16.4. The van der Waals surface area contributed by atoms with E-state index in [4.69, 9.17) is 14.2 Å². The molecule has 0 aromatic heterocycles. The summed E-state index contributed by atoms with van der Waals surface area (Å²) in [6.07, 6.45) is 0. The zero-order chi connectivity index (χ0) is 15.9. The minimum atomic E-state index is -0.362. The second-order valence-electron chi connectivity index (χ2n) is 4.58. The van der Waals surface area contributed by atoms with Crippen molar-refractivity contribution in [2.45, 2.75) is 11.9 Å². The maximum atomic E-state index is 12.0. The highest BCUT2D eigenvalue weighted by Gasteiger charge is 2.10. The number of methoxy groups -OCH3 is 2. The average molecular weight is 365 g/mol. The molecule has 4 nitrogen and oxygen atoms in total. The van der Waals surface area contributed by atoms with Gasteiger partial charge in [-0.1, -0.05) is 28.1 Å². The van der Waals surface area contributed by atoms with E-state index in [1.54, 1.807) is 38.5 Å². The van der Waals surface area contributed by atoms with Crippen LogP contribution in [0.25, 0.3) is 0 Å². The van der Waals surface area contributed by atoms with Gasteiger partial charge >= 0.3 is 5.97 Å². The Morgan fingerprint density at radius 2 is 1.77 bits per heavy atom. The van der Waals surface area contributed by atoms with E-state index in [0.29, 0.717) is 17.1 Å².